The van der Waals surface area contributed by atoms with Gasteiger partial charge in [-0.3, -0.25) is 0 Å². The van der Waals surface area contributed by atoms with Gasteiger partial charge in [0.05, 0.1) is 5.02 Å². The van der Waals surface area contributed by atoms with Crippen molar-refractivity contribution in [2.24, 2.45) is 11.7 Å². The van der Waals surface area contributed by atoms with E-state index in [-0.39, 0.29) is 11.1 Å². The van der Waals surface area contributed by atoms with Crippen LogP contribution in [0.5, 0.6) is 5.75 Å². The molecule has 1 aliphatic rings. The molecule has 1 atom stereocenters. The molecule has 2 N–H and O–H groups in total. The number of benzene rings is 1. The van der Waals surface area contributed by atoms with Gasteiger partial charge in [0.2, 0.25) is 0 Å². The van der Waals surface area contributed by atoms with Crippen molar-refractivity contribution in [1.82, 2.24) is 0 Å². The maximum Gasteiger partial charge on any atom is 0.573 e. The maximum absolute atomic E-state index is 12.1. The van der Waals surface area contributed by atoms with E-state index in [0.717, 1.165) is 31.2 Å². The predicted octanol–water partition coefficient (Wildman–Crippen LogP) is 4.43. The average Bonchev–Trinajstić information content (AvgIpc) is 2.82. The molecule has 1 aromatic carbocycles. The first-order valence-corrected chi connectivity index (χ1v) is 6.55. The molecule has 0 radical (unpaired) electrons. The van der Waals surface area contributed by atoms with Gasteiger partial charge < -0.3 is 10.5 Å². The summed E-state index contributed by atoms with van der Waals surface area (Å²) in [5.74, 6) is -0.0120. The molecule has 6 heteroatoms. The molecule has 0 amide bonds. The van der Waals surface area contributed by atoms with Crippen LogP contribution in [0.1, 0.15) is 37.3 Å². The van der Waals surface area contributed by atoms with Crippen LogP contribution in [0, 0.1) is 5.92 Å². The minimum Gasteiger partial charge on any atom is -0.404 e. The zero-order chi connectivity index (χ0) is 14.0. The van der Waals surface area contributed by atoms with Gasteiger partial charge in [0.25, 0.3) is 0 Å². The van der Waals surface area contributed by atoms with Crippen LogP contribution in [0.15, 0.2) is 18.2 Å². The number of hydrogen-bond donors (Lipinski definition) is 1. The molecule has 1 fully saturated rings. The first-order valence-electron chi connectivity index (χ1n) is 6.17. The van der Waals surface area contributed by atoms with Crippen molar-refractivity contribution < 1.29 is 17.9 Å². The van der Waals surface area contributed by atoms with Crippen LogP contribution in [0.2, 0.25) is 5.02 Å². The number of hydrogen-bond acceptors (Lipinski definition) is 2. The molecule has 0 heterocycles. The summed E-state index contributed by atoms with van der Waals surface area (Å²) in [5, 5.41) is -0.0664. The molecule has 1 aromatic rings. The highest BCUT2D eigenvalue weighted by Crippen LogP contribution is 2.37. The van der Waals surface area contributed by atoms with Crippen molar-refractivity contribution >= 4 is 11.6 Å². The Bertz CT molecular complexity index is 444. The second-order valence-corrected chi connectivity index (χ2v) is 5.22. The minimum atomic E-state index is -4.74. The standard InChI is InChI=1S/C13H15ClF3NO/c14-10-7-9(12(18)8-3-1-2-4-8)5-6-11(10)19-13(15,16)17/h5-8,12H,1-4,18H2/t12-/m0/s1. The third-order valence-electron chi connectivity index (χ3n) is 3.47. The Morgan fingerprint density at radius 1 is 1.26 bits per heavy atom. The van der Waals surface area contributed by atoms with Crippen LogP contribution in [-0.4, -0.2) is 6.36 Å². The Kier molecular flexibility index (Phi) is 4.26. The smallest absolute Gasteiger partial charge is 0.404 e. The van der Waals surface area contributed by atoms with Gasteiger partial charge >= 0.3 is 6.36 Å². The molecule has 0 saturated heterocycles. The molecule has 1 aliphatic carbocycles. The van der Waals surface area contributed by atoms with Gasteiger partial charge in [-0.2, -0.15) is 0 Å². The molecular weight excluding hydrogens is 279 g/mol. The molecule has 0 spiro atoms. The largest absolute Gasteiger partial charge is 0.573 e. The van der Waals surface area contributed by atoms with Gasteiger partial charge in [-0.1, -0.05) is 30.5 Å². The summed E-state index contributed by atoms with van der Waals surface area (Å²) in [6.07, 6.45) is -0.319. The van der Waals surface area contributed by atoms with Crippen LogP contribution in [0.25, 0.3) is 0 Å². The van der Waals surface area contributed by atoms with Crippen molar-refractivity contribution in [3.8, 4) is 5.75 Å². The molecule has 0 aliphatic heterocycles. The van der Waals surface area contributed by atoms with E-state index in [9.17, 15) is 13.2 Å². The summed E-state index contributed by atoms with van der Waals surface area (Å²) in [6.45, 7) is 0. The number of rotatable bonds is 3. The Balaban J connectivity index is 2.13. The van der Waals surface area contributed by atoms with Gasteiger partial charge in [0, 0.05) is 6.04 Å². The fourth-order valence-electron chi connectivity index (χ4n) is 2.52. The van der Waals surface area contributed by atoms with Gasteiger partial charge in [0.1, 0.15) is 5.75 Å². The number of nitrogens with two attached hydrogens (primary N) is 1. The van der Waals surface area contributed by atoms with E-state index in [2.05, 4.69) is 4.74 Å². The fraction of sp³-hybridized carbons (Fsp3) is 0.538. The SMILES string of the molecule is N[C@H](c1ccc(OC(F)(F)F)c(Cl)c1)C1CCCC1. The van der Waals surface area contributed by atoms with Crippen molar-refractivity contribution in [3.05, 3.63) is 28.8 Å². The lowest BCUT2D eigenvalue weighted by Gasteiger charge is -2.20. The van der Waals surface area contributed by atoms with E-state index in [4.69, 9.17) is 17.3 Å². The summed E-state index contributed by atoms with van der Waals surface area (Å²) >= 11 is 5.81. The molecule has 0 unspecified atom stereocenters. The Morgan fingerprint density at radius 3 is 2.42 bits per heavy atom. The summed E-state index contributed by atoms with van der Waals surface area (Å²) in [6, 6.07) is 4.06. The lowest BCUT2D eigenvalue weighted by Crippen LogP contribution is -2.20. The maximum atomic E-state index is 12.1. The van der Waals surface area contributed by atoms with Crippen molar-refractivity contribution in [1.29, 1.82) is 0 Å². The highest BCUT2D eigenvalue weighted by Gasteiger charge is 2.32. The van der Waals surface area contributed by atoms with E-state index in [1.165, 1.54) is 12.1 Å². The Labute approximate surface area is 114 Å². The minimum absolute atomic E-state index is 0.0664. The van der Waals surface area contributed by atoms with E-state index in [1.54, 1.807) is 6.07 Å². The highest BCUT2D eigenvalue weighted by atomic mass is 35.5. The molecule has 0 aromatic heterocycles. The second-order valence-electron chi connectivity index (χ2n) is 4.81. The lowest BCUT2D eigenvalue weighted by molar-refractivity contribution is -0.274. The normalized spacial score (nSPS) is 18.6. The second kappa shape index (κ2) is 5.59. The van der Waals surface area contributed by atoms with Crippen molar-refractivity contribution in [2.75, 3.05) is 0 Å². The first kappa shape index (κ1) is 14.5. The first-order chi connectivity index (χ1) is 8.87. The Hall–Kier alpha value is -0.940. The molecule has 2 nitrogen and oxygen atoms in total. The number of alkyl halides is 3. The summed E-state index contributed by atoms with van der Waals surface area (Å²) in [5.41, 5.74) is 6.88. The van der Waals surface area contributed by atoms with Gasteiger partial charge in [0.15, 0.2) is 0 Å². The van der Waals surface area contributed by atoms with E-state index >= 15 is 0 Å². The number of halogens is 4. The van der Waals surface area contributed by atoms with Crippen LogP contribution in [0.3, 0.4) is 0 Å². The monoisotopic (exact) mass is 293 g/mol. The van der Waals surface area contributed by atoms with Crippen LogP contribution in [-0.2, 0) is 0 Å². The van der Waals surface area contributed by atoms with Gasteiger partial charge in [-0.15, -0.1) is 13.2 Å². The van der Waals surface area contributed by atoms with Crippen molar-refractivity contribution in [3.63, 3.8) is 0 Å². The zero-order valence-corrected chi connectivity index (χ0v) is 11.0. The highest BCUT2D eigenvalue weighted by molar-refractivity contribution is 6.32. The van der Waals surface area contributed by atoms with E-state index in [0.29, 0.717) is 5.92 Å². The molecule has 1 saturated carbocycles. The molecule has 2 rings (SSSR count). The van der Waals surface area contributed by atoms with Crippen LogP contribution < -0.4 is 10.5 Å². The van der Waals surface area contributed by atoms with Crippen LogP contribution in [0.4, 0.5) is 13.2 Å². The third kappa shape index (κ3) is 3.76. The third-order valence-corrected chi connectivity index (χ3v) is 3.77. The van der Waals surface area contributed by atoms with E-state index < -0.39 is 12.1 Å². The fourth-order valence-corrected chi connectivity index (χ4v) is 2.75. The number of ether oxygens (including phenoxy) is 1. The topological polar surface area (TPSA) is 35.2 Å². The molecule has 19 heavy (non-hydrogen) atoms. The Morgan fingerprint density at radius 2 is 1.89 bits per heavy atom. The van der Waals surface area contributed by atoms with Crippen LogP contribution >= 0.6 is 11.6 Å². The zero-order valence-electron chi connectivity index (χ0n) is 10.2. The predicted molar refractivity (Wildman–Crippen MR) is 67.0 cm³/mol. The lowest BCUT2D eigenvalue weighted by atomic mass is 9.92. The summed E-state index contributed by atoms with van der Waals surface area (Å²) in [7, 11) is 0. The average molecular weight is 294 g/mol. The molecule has 106 valence electrons. The van der Waals surface area contributed by atoms with Crippen molar-refractivity contribution in [2.45, 2.75) is 38.1 Å². The summed E-state index contributed by atoms with van der Waals surface area (Å²) in [4.78, 5) is 0. The molecular formula is C13H15ClF3NO. The quantitative estimate of drug-likeness (QED) is 0.895. The van der Waals surface area contributed by atoms with Gasteiger partial charge in [-0.25, -0.2) is 0 Å². The van der Waals surface area contributed by atoms with E-state index in [1.807, 2.05) is 0 Å². The van der Waals surface area contributed by atoms with Gasteiger partial charge in [-0.05, 0) is 36.5 Å². The molecule has 0 bridgehead atoms. The summed E-state index contributed by atoms with van der Waals surface area (Å²) < 4.78 is 40.2.